The Hall–Kier alpha value is -0.180. The van der Waals surface area contributed by atoms with E-state index in [1.807, 2.05) is 0 Å². The molecular weight excluding hydrogens is 165 g/mol. The quantitative estimate of drug-likeness (QED) is 0.586. The second-order valence-electron chi connectivity index (χ2n) is 2.56. The van der Waals surface area contributed by atoms with E-state index < -0.39 is 8.38 Å². The Balaban J connectivity index is 2.28. The fraction of sp³-hybridized carbons (Fsp3) is 0.833. The largest absolute Gasteiger partial charge is 0.417 e. The molecule has 0 bridgehead atoms. The van der Waals surface area contributed by atoms with Crippen LogP contribution in [0.4, 0.5) is 0 Å². The van der Waals surface area contributed by atoms with Gasteiger partial charge in [-0.3, -0.25) is 4.79 Å². The van der Waals surface area contributed by atoms with E-state index in [9.17, 15) is 4.79 Å². The highest BCUT2D eigenvalue weighted by Gasteiger charge is 2.24. The van der Waals surface area contributed by atoms with Crippen molar-refractivity contribution in [1.82, 2.24) is 5.32 Å². The van der Waals surface area contributed by atoms with Crippen molar-refractivity contribution in [3.63, 3.8) is 0 Å². The van der Waals surface area contributed by atoms with Gasteiger partial charge in [0, 0.05) is 13.2 Å². The molecule has 64 valence electrons. The van der Waals surface area contributed by atoms with E-state index in [4.69, 9.17) is 4.89 Å². The number of hydrogen-bond donors (Lipinski definition) is 2. The van der Waals surface area contributed by atoms with Gasteiger partial charge in [0.15, 0.2) is 0 Å². The highest BCUT2D eigenvalue weighted by Crippen LogP contribution is 2.27. The van der Waals surface area contributed by atoms with Crippen LogP contribution >= 0.6 is 8.38 Å². The maximum atomic E-state index is 11.0. The Labute approximate surface area is 66.9 Å². The molecule has 11 heavy (non-hydrogen) atoms. The molecule has 5 heteroatoms. The van der Waals surface area contributed by atoms with Gasteiger partial charge in [0.2, 0.25) is 8.38 Å². The van der Waals surface area contributed by atoms with E-state index in [2.05, 4.69) is 9.84 Å². The summed E-state index contributed by atoms with van der Waals surface area (Å²) < 4.78 is 4.68. The molecule has 1 saturated heterocycles. The summed E-state index contributed by atoms with van der Waals surface area (Å²) in [5.41, 5.74) is 0. The summed E-state index contributed by atoms with van der Waals surface area (Å²) in [4.78, 5) is 19.8. The van der Waals surface area contributed by atoms with E-state index in [1.54, 1.807) is 0 Å². The van der Waals surface area contributed by atoms with Crippen LogP contribution in [0.25, 0.3) is 0 Å². The Morgan fingerprint density at radius 1 is 1.82 bits per heavy atom. The predicted octanol–water partition coefficient (Wildman–Crippen LogP) is 0.0731. The van der Waals surface area contributed by atoms with Crippen LogP contribution in [-0.4, -0.2) is 30.6 Å². The number of carbonyl (C=O) groups excluding carboxylic acids is 1. The SMILES string of the molecule is CP(O)OC(=O)C1CCNC1. The number of hydrogen-bond acceptors (Lipinski definition) is 4. The van der Waals surface area contributed by atoms with E-state index >= 15 is 0 Å². The number of nitrogens with one attached hydrogen (secondary N) is 1. The van der Waals surface area contributed by atoms with E-state index in [0.29, 0.717) is 6.54 Å². The van der Waals surface area contributed by atoms with Crippen molar-refractivity contribution in [2.45, 2.75) is 6.42 Å². The Morgan fingerprint density at radius 3 is 3.00 bits per heavy atom. The minimum absolute atomic E-state index is 0.0490. The van der Waals surface area contributed by atoms with Crippen LogP contribution in [0, 0.1) is 5.92 Å². The zero-order chi connectivity index (χ0) is 8.27. The minimum Gasteiger partial charge on any atom is -0.417 e. The summed E-state index contributed by atoms with van der Waals surface area (Å²) in [6, 6.07) is 0. The molecule has 0 aromatic heterocycles. The molecular formula is C6H12NO3P. The Kier molecular flexibility index (Phi) is 3.24. The molecule has 0 spiro atoms. The first kappa shape index (κ1) is 8.91. The monoisotopic (exact) mass is 177 g/mol. The zero-order valence-corrected chi connectivity index (χ0v) is 7.30. The maximum Gasteiger partial charge on any atom is 0.314 e. The van der Waals surface area contributed by atoms with Gasteiger partial charge in [-0.15, -0.1) is 0 Å². The average molecular weight is 177 g/mol. The maximum absolute atomic E-state index is 11.0. The lowest BCUT2D eigenvalue weighted by Crippen LogP contribution is -2.18. The van der Waals surface area contributed by atoms with E-state index in [1.165, 1.54) is 6.66 Å². The van der Waals surface area contributed by atoms with Crippen LogP contribution in [-0.2, 0) is 9.32 Å². The van der Waals surface area contributed by atoms with E-state index in [0.717, 1.165) is 13.0 Å². The van der Waals surface area contributed by atoms with Crippen LogP contribution in [0.1, 0.15) is 6.42 Å². The highest BCUT2D eigenvalue weighted by molar-refractivity contribution is 7.45. The number of carbonyl (C=O) groups is 1. The van der Waals surface area contributed by atoms with Gasteiger partial charge in [0.25, 0.3) is 0 Å². The van der Waals surface area contributed by atoms with Crippen molar-refractivity contribution < 1.29 is 14.2 Å². The third-order valence-corrected chi connectivity index (χ3v) is 2.06. The lowest BCUT2D eigenvalue weighted by atomic mass is 10.1. The van der Waals surface area contributed by atoms with Crippen LogP contribution in [0.15, 0.2) is 0 Å². The molecule has 1 rings (SSSR count). The van der Waals surface area contributed by atoms with Crippen molar-refractivity contribution in [2.75, 3.05) is 19.8 Å². The minimum atomic E-state index is -1.53. The Bertz CT molecular complexity index is 145. The standard InChI is InChI=1S/C6H12NO3P/c1-11(9)10-6(8)5-2-3-7-4-5/h5,7,9H,2-4H2,1H3. The first-order valence-electron chi connectivity index (χ1n) is 3.55. The summed E-state index contributed by atoms with van der Waals surface area (Å²) >= 11 is 0. The first-order valence-corrected chi connectivity index (χ1v) is 5.21. The van der Waals surface area contributed by atoms with Crippen molar-refractivity contribution in [3.05, 3.63) is 0 Å². The van der Waals surface area contributed by atoms with Gasteiger partial charge in [0.05, 0.1) is 5.92 Å². The molecule has 0 saturated carbocycles. The summed E-state index contributed by atoms with van der Waals surface area (Å²) in [7, 11) is -1.53. The summed E-state index contributed by atoms with van der Waals surface area (Å²) in [6.45, 7) is 3.05. The Morgan fingerprint density at radius 2 is 2.55 bits per heavy atom. The lowest BCUT2D eigenvalue weighted by Gasteiger charge is -2.09. The topological polar surface area (TPSA) is 58.6 Å². The van der Waals surface area contributed by atoms with Crippen LogP contribution in [0.2, 0.25) is 0 Å². The summed E-state index contributed by atoms with van der Waals surface area (Å²) in [6.07, 6.45) is 0.821. The van der Waals surface area contributed by atoms with Gasteiger partial charge in [-0.1, -0.05) is 0 Å². The second-order valence-corrected chi connectivity index (χ2v) is 3.68. The molecule has 1 fully saturated rings. The van der Waals surface area contributed by atoms with Crippen LogP contribution in [0.3, 0.4) is 0 Å². The predicted molar refractivity (Wildman–Crippen MR) is 42.1 cm³/mol. The normalized spacial score (nSPS) is 26.5. The van der Waals surface area contributed by atoms with Gasteiger partial charge >= 0.3 is 5.97 Å². The molecule has 1 heterocycles. The van der Waals surface area contributed by atoms with Crippen molar-refractivity contribution in [3.8, 4) is 0 Å². The molecule has 4 nitrogen and oxygen atoms in total. The van der Waals surface area contributed by atoms with Gasteiger partial charge in [-0.2, -0.15) is 0 Å². The molecule has 0 radical (unpaired) electrons. The summed E-state index contributed by atoms with van der Waals surface area (Å²) in [5.74, 6) is -0.321. The average Bonchev–Trinajstić information content (AvgIpc) is 2.35. The number of rotatable bonds is 2. The lowest BCUT2D eigenvalue weighted by molar-refractivity contribution is -0.137. The third-order valence-electron chi connectivity index (χ3n) is 1.62. The van der Waals surface area contributed by atoms with Gasteiger partial charge in [-0.05, 0) is 13.0 Å². The van der Waals surface area contributed by atoms with Gasteiger partial charge in [0.1, 0.15) is 0 Å². The van der Waals surface area contributed by atoms with Crippen LogP contribution < -0.4 is 5.32 Å². The molecule has 2 atom stereocenters. The van der Waals surface area contributed by atoms with Crippen molar-refractivity contribution >= 4 is 14.3 Å². The molecule has 0 aliphatic carbocycles. The second kappa shape index (κ2) is 4.00. The van der Waals surface area contributed by atoms with Crippen molar-refractivity contribution in [2.24, 2.45) is 5.92 Å². The zero-order valence-electron chi connectivity index (χ0n) is 6.41. The molecule has 2 N–H and O–H groups in total. The summed E-state index contributed by atoms with van der Waals surface area (Å²) in [5, 5.41) is 3.05. The molecule has 0 aromatic carbocycles. The fourth-order valence-corrected chi connectivity index (χ4v) is 1.47. The van der Waals surface area contributed by atoms with Gasteiger partial charge in [-0.25, -0.2) is 0 Å². The molecule has 2 unspecified atom stereocenters. The third kappa shape index (κ3) is 2.73. The smallest absolute Gasteiger partial charge is 0.314 e. The molecule has 1 aliphatic heterocycles. The first-order chi connectivity index (χ1) is 5.20. The van der Waals surface area contributed by atoms with Crippen molar-refractivity contribution in [1.29, 1.82) is 0 Å². The fourth-order valence-electron chi connectivity index (χ4n) is 1.06. The molecule has 0 amide bonds. The molecule has 0 aromatic rings. The highest BCUT2D eigenvalue weighted by atomic mass is 31.2. The van der Waals surface area contributed by atoms with Gasteiger partial charge < -0.3 is 14.7 Å². The van der Waals surface area contributed by atoms with Crippen LogP contribution in [0.5, 0.6) is 0 Å². The molecule has 1 aliphatic rings. The van der Waals surface area contributed by atoms with E-state index in [-0.39, 0.29) is 11.9 Å².